The average Bonchev–Trinajstić information content (AvgIpc) is 3.52. The number of aromatic nitrogens is 1. The first kappa shape index (κ1) is 21.8. The van der Waals surface area contributed by atoms with E-state index in [1.54, 1.807) is 12.1 Å². The van der Waals surface area contributed by atoms with Crippen molar-refractivity contribution in [3.63, 3.8) is 0 Å². The molecule has 0 atom stereocenters. The molecule has 2 amide bonds. The van der Waals surface area contributed by atoms with Crippen LogP contribution < -0.4 is 15.4 Å². The van der Waals surface area contributed by atoms with Gasteiger partial charge in [0, 0.05) is 44.2 Å². The highest BCUT2D eigenvalue weighted by molar-refractivity contribution is 5.94. The fourth-order valence-corrected chi connectivity index (χ4v) is 4.32. The molecule has 3 heterocycles. The van der Waals surface area contributed by atoms with Gasteiger partial charge in [0.1, 0.15) is 17.3 Å². The average molecular weight is 454 g/mol. The molecule has 0 unspecified atom stereocenters. The number of amides is 2. The Morgan fingerprint density at radius 1 is 1.06 bits per heavy atom. The fourth-order valence-electron chi connectivity index (χ4n) is 4.32. The lowest BCUT2D eigenvalue weighted by Gasteiger charge is -2.23. The van der Waals surface area contributed by atoms with Gasteiger partial charge in [-0.2, -0.15) is 0 Å². The lowest BCUT2D eigenvalue weighted by molar-refractivity contribution is 0.0694. The minimum atomic E-state index is -0.551. The van der Waals surface area contributed by atoms with Gasteiger partial charge in [0.05, 0.1) is 17.9 Å². The van der Waals surface area contributed by atoms with Gasteiger partial charge in [-0.3, -0.25) is 9.59 Å². The summed E-state index contributed by atoms with van der Waals surface area (Å²) in [5, 5.41) is 5.84. The van der Waals surface area contributed by atoms with Crippen LogP contribution in [0.25, 0.3) is 0 Å². The smallest absolute Gasteiger partial charge is 0.270 e. The summed E-state index contributed by atoms with van der Waals surface area (Å²) in [6, 6.07) is 6.46. The van der Waals surface area contributed by atoms with E-state index in [1.165, 1.54) is 12.1 Å². The number of rotatable bonds is 7. The second-order valence-electron chi connectivity index (χ2n) is 9.05. The third kappa shape index (κ3) is 5.16. The van der Waals surface area contributed by atoms with Crippen molar-refractivity contribution < 1.29 is 23.5 Å². The highest BCUT2D eigenvalue weighted by Crippen LogP contribution is 2.31. The van der Waals surface area contributed by atoms with Crippen molar-refractivity contribution in [2.24, 2.45) is 5.92 Å². The van der Waals surface area contributed by atoms with E-state index in [4.69, 9.17) is 9.47 Å². The summed E-state index contributed by atoms with van der Waals surface area (Å²) < 4.78 is 25.8. The molecule has 1 aromatic heterocycles. The third-order valence-electron chi connectivity index (χ3n) is 6.42. The molecule has 2 N–H and O–H groups in total. The Morgan fingerprint density at radius 3 is 2.64 bits per heavy atom. The zero-order valence-electron chi connectivity index (χ0n) is 18.5. The summed E-state index contributed by atoms with van der Waals surface area (Å²) in [5.74, 6) is 0.0509. The zero-order valence-corrected chi connectivity index (χ0v) is 18.5. The van der Waals surface area contributed by atoms with Gasteiger partial charge in [-0.25, -0.2) is 9.37 Å². The monoisotopic (exact) mass is 453 g/mol. The van der Waals surface area contributed by atoms with Crippen molar-refractivity contribution in [1.29, 1.82) is 0 Å². The van der Waals surface area contributed by atoms with E-state index < -0.39 is 5.82 Å². The summed E-state index contributed by atoms with van der Waals surface area (Å²) in [4.78, 5) is 29.6. The third-order valence-corrected chi connectivity index (χ3v) is 6.42. The molecule has 1 aliphatic carbocycles. The maximum atomic E-state index is 14.7. The fraction of sp³-hybridized carbons (Fsp3) is 0.480. The molecule has 7 nitrogen and oxygen atoms in total. The standard InChI is InChI=1S/C25H28FN3O4/c26-20-12-16(3-4-19(20)24(30)27-14-15-1-2-15)11-17-13-22(29-21-7-10-33-23(17)21)25(31)28-18-5-8-32-9-6-18/h3-4,12-13,15,18H,1-2,5-11,14H2,(H,27,30)(H,28,31). The van der Waals surface area contributed by atoms with Crippen LogP contribution >= 0.6 is 0 Å². The number of benzene rings is 1. The second kappa shape index (κ2) is 9.47. The Hall–Kier alpha value is -3.00. The first-order valence-corrected chi connectivity index (χ1v) is 11.7. The maximum absolute atomic E-state index is 14.7. The summed E-state index contributed by atoms with van der Waals surface area (Å²) in [7, 11) is 0. The number of nitrogens with one attached hydrogen (secondary N) is 2. The highest BCUT2D eigenvalue weighted by Gasteiger charge is 2.25. The molecule has 174 valence electrons. The molecule has 1 saturated carbocycles. The van der Waals surface area contributed by atoms with Crippen LogP contribution in [0.4, 0.5) is 4.39 Å². The maximum Gasteiger partial charge on any atom is 0.270 e. The van der Waals surface area contributed by atoms with Crippen molar-refractivity contribution in [3.05, 3.63) is 58.2 Å². The Balaban J connectivity index is 1.32. The van der Waals surface area contributed by atoms with Crippen LogP contribution in [0.5, 0.6) is 5.75 Å². The minimum Gasteiger partial charge on any atom is -0.491 e. The lowest BCUT2D eigenvalue weighted by Crippen LogP contribution is -2.39. The van der Waals surface area contributed by atoms with E-state index in [-0.39, 0.29) is 23.4 Å². The molecule has 33 heavy (non-hydrogen) atoms. The predicted molar refractivity (Wildman–Crippen MR) is 119 cm³/mol. The quantitative estimate of drug-likeness (QED) is 0.673. The Bertz CT molecular complexity index is 1060. The number of nitrogens with zero attached hydrogens (tertiary/aromatic N) is 1. The lowest BCUT2D eigenvalue weighted by atomic mass is 10.0. The van der Waals surface area contributed by atoms with Crippen molar-refractivity contribution in [1.82, 2.24) is 15.6 Å². The summed E-state index contributed by atoms with van der Waals surface area (Å²) in [6.07, 6.45) is 4.82. The topological polar surface area (TPSA) is 89.5 Å². The van der Waals surface area contributed by atoms with Gasteiger partial charge < -0.3 is 20.1 Å². The summed E-state index contributed by atoms with van der Waals surface area (Å²) in [5.41, 5.74) is 2.64. The van der Waals surface area contributed by atoms with E-state index in [0.29, 0.717) is 62.1 Å². The van der Waals surface area contributed by atoms with Crippen LogP contribution in [0.3, 0.4) is 0 Å². The molecule has 2 aromatic rings. The molecule has 0 spiro atoms. The van der Waals surface area contributed by atoms with Gasteiger partial charge in [-0.1, -0.05) is 6.07 Å². The molecule has 1 saturated heterocycles. The predicted octanol–water partition coefficient (Wildman–Crippen LogP) is 2.80. The van der Waals surface area contributed by atoms with Crippen LogP contribution in [0.1, 0.15) is 63.4 Å². The van der Waals surface area contributed by atoms with Crippen LogP contribution in [0, 0.1) is 11.7 Å². The van der Waals surface area contributed by atoms with Crippen molar-refractivity contribution in [2.45, 2.75) is 44.6 Å². The number of hydrogen-bond donors (Lipinski definition) is 2. The van der Waals surface area contributed by atoms with Crippen LogP contribution in [-0.4, -0.2) is 49.2 Å². The van der Waals surface area contributed by atoms with Crippen LogP contribution in [0.2, 0.25) is 0 Å². The van der Waals surface area contributed by atoms with Crippen molar-refractivity contribution >= 4 is 11.8 Å². The van der Waals surface area contributed by atoms with E-state index in [9.17, 15) is 14.0 Å². The van der Waals surface area contributed by atoms with E-state index in [2.05, 4.69) is 15.6 Å². The summed E-state index contributed by atoms with van der Waals surface area (Å²) in [6.45, 7) is 2.39. The number of ether oxygens (including phenoxy) is 2. The molecule has 0 radical (unpaired) electrons. The van der Waals surface area contributed by atoms with Crippen molar-refractivity contribution in [3.8, 4) is 5.75 Å². The van der Waals surface area contributed by atoms with E-state index in [0.717, 1.165) is 36.9 Å². The van der Waals surface area contributed by atoms with Gasteiger partial charge in [0.25, 0.3) is 11.8 Å². The van der Waals surface area contributed by atoms with Gasteiger partial charge >= 0.3 is 0 Å². The molecule has 3 aliphatic rings. The Labute approximate surface area is 192 Å². The zero-order chi connectivity index (χ0) is 22.8. The van der Waals surface area contributed by atoms with Crippen LogP contribution in [-0.2, 0) is 17.6 Å². The number of hydrogen-bond acceptors (Lipinski definition) is 5. The van der Waals surface area contributed by atoms with Gasteiger partial charge in [0.2, 0.25) is 0 Å². The van der Waals surface area contributed by atoms with E-state index in [1.807, 2.05) is 0 Å². The van der Waals surface area contributed by atoms with Crippen LogP contribution in [0.15, 0.2) is 24.3 Å². The molecular formula is C25H28FN3O4. The molecule has 2 aliphatic heterocycles. The number of halogens is 1. The van der Waals surface area contributed by atoms with E-state index >= 15 is 0 Å². The molecular weight excluding hydrogens is 425 g/mol. The largest absolute Gasteiger partial charge is 0.491 e. The molecule has 0 bridgehead atoms. The Kier molecular flexibility index (Phi) is 6.26. The first-order valence-electron chi connectivity index (χ1n) is 11.7. The number of fused-ring (bicyclic) bond motifs is 1. The molecule has 1 aromatic carbocycles. The second-order valence-corrected chi connectivity index (χ2v) is 9.05. The van der Waals surface area contributed by atoms with Gasteiger partial charge in [-0.05, 0) is 55.4 Å². The van der Waals surface area contributed by atoms with Crippen molar-refractivity contribution in [2.75, 3.05) is 26.4 Å². The SMILES string of the molecule is O=C(NC1CCOCC1)c1cc(Cc2ccc(C(=O)NCC3CC3)c(F)c2)c2c(n1)CCO2. The number of carbonyl (C=O) groups excluding carboxylic acids is 2. The number of carbonyl (C=O) groups is 2. The molecule has 8 heteroatoms. The first-order chi connectivity index (χ1) is 16.1. The molecule has 5 rings (SSSR count). The molecule has 2 fully saturated rings. The normalized spacial score (nSPS) is 17.8. The van der Waals surface area contributed by atoms with Gasteiger partial charge in [0.15, 0.2) is 0 Å². The van der Waals surface area contributed by atoms with Gasteiger partial charge in [-0.15, -0.1) is 0 Å². The Morgan fingerprint density at radius 2 is 1.88 bits per heavy atom. The number of pyridine rings is 1. The summed E-state index contributed by atoms with van der Waals surface area (Å²) >= 11 is 0. The highest BCUT2D eigenvalue weighted by atomic mass is 19.1. The minimum absolute atomic E-state index is 0.0483.